The van der Waals surface area contributed by atoms with Gasteiger partial charge in [0.2, 0.25) is 0 Å². The lowest BCUT2D eigenvalue weighted by Gasteiger charge is -2.27. The predicted octanol–water partition coefficient (Wildman–Crippen LogP) is 4.84. The van der Waals surface area contributed by atoms with Crippen LogP contribution in [0, 0.1) is 0 Å². The molecular weight excluding hydrogens is 328 g/mol. The minimum atomic E-state index is -0.332. The maximum Gasteiger partial charge on any atom is 0.131 e. The Morgan fingerprint density at radius 1 is 1.00 bits per heavy atom. The lowest BCUT2D eigenvalue weighted by atomic mass is 9.78. The second kappa shape index (κ2) is 5.06. The van der Waals surface area contributed by atoms with E-state index in [0.29, 0.717) is 9.50 Å². The summed E-state index contributed by atoms with van der Waals surface area (Å²) < 4.78 is 0.499. The number of halogens is 2. The van der Waals surface area contributed by atoms with Crippen molar-refractivity contribution in [1.29, 1.82) is 0 Å². The summed E-state index contributed by atoms with van der Waals surface area (Å²) in [6, 6.07) is 10.5. The summed E-state index contributed by atoms with van der Waals surface area (Å²) in [5.41, 5.74) is 1.61. The summed E-state index contributed by atoms with van der Waals surface area (Å²) in [7, 11) is 0. The molecule has 0 fully saturated rings. The van der Waals surface area contributed by atoms with Crippen molar-refractivity contribution in [3.8, 4) is 11.5 Å². The third-order valence-corrected chi connectivity index (χ3v) is 4.75. The molecule has 0 aliphatic rings. The molecule has 0 saturated heterocycles. The van der Waals surface area contributed by atoms with Gasteiger partial charge in [-0.2, -0.15) is 0 Å². The summed E-state index contributed by atoms with van der Waals surface area (Å²) >= 11 is 9.59. The highest BCUT2D eigenvalue weighted by Crippen LogP contribution is 2.42. The Balaban J connectivity index is 2.56. The van der Waals surface area contributed by atoms with E-state index >= 15 is 0 Å². The first-order chi connectivity index (χ1) is 8.84. The molecule has 0 saturated carbocycles. The van der Waals surface area contributed by atoms with Crippen LogP contribution >= 0.6 is 27.5 Å². The topological polar surface area (TPSA) is 40.5 Å². The van der Waals surface area contributed by atoms with Gasteiger partial charge < -0.3 is 10.2 Å². The van der Waals surface area contributed by atoms with Crippen LogP contribution in [-0.4, -0.2) is 10.2 Å². The predicted molar refractivity (Wildman–Crippen MR) is 81.1 cm³/mol. The molecule has 100 valence electrons. The molecule has 2 N–H and O–H groups in total. The fraction of sp³-hybridized carbons (Fsp3) is 0.200. The van der Waals surface area contributed by atoms with Gasteiger partial charge in [-0.15, -0.1) is 0 Å². The number of benzene rings is 2. The van der Waals surface area contributed by atoms with E-state index in [4.69, 9.17) is 11.6 Å². The average Bonchev–Trinajstić information content (AvgIpc) is 2.36. The molecule has 0 aromatic heterocycles. The number of aromatic hydroxyl groups is 2. The van der Waals surface area contributed by atoms with Crippen LogP contribution in [-0.2, 0) is 5.41 Å². The van der Waals surface area contributed by atoms with Gasteiger partial charge in [-0.25, -0.2) is 0 Å². The Bertz CT molecular complexity index is 606. The molecule has 0 heterocycles. The molecule has 0 aliphatic carbocycles. The first-order valence-electron chi connectivity index (χ1n) is 5.81. The Morgan fingerprint density at radius 2 is 1.58 bits per heavy atom. The molecule has 0 spiro atoms. The highest BCUT2D eigenvalue weighted by Gasteiger charge is 2.27. The Kier molecular flexibility index (Phi) is 3.79. The van der Waals surface area contributed by atoms with Gasteiger partial charge in [-0.05, 0) is 45.3 Å². The quantitative estimate of drug-likeness (QED) is 0.820. The lowest BCUT2D eigenvalue weighted by Crippen LogP contribution is -2.19. The van der Waals surface area contributed by atoms with Crippen LogP contribution < -0.4 is 0 Å². The van der Waals surface area contributed by atoms with E-state index < -0.39 is 0 Å². The van der Waals surface area contributed by atoms with E-state index in [9.17, 15) is 10.2 Å². The van der Waals surface area contributed by atoms with E-state index in [1.807, 2.05) is 32.0 Å². The van der Waals surface area contributed by atoms with E-state index in [0.717, 1.165) is 11.1 Å². The number of rotatable bonds is 2. The maximum atomic E-state index is 9.63. The van der Waals surface area contributed by atoms with Crippen molar-refractivity contribution in [2.24, 2.45) is 0 Å². The first-order valence-corrected chi connectivity index (χ1v) is 6.98. The van der Waals surface area contributed by atoms with Crippen molar-refractivity contribution >= 4 is 27.5 Å². The van der Waals surface area contributed by atoms with Gasteiger partial charge in [0.05, 0.1) is 9.50 Å². The van der Waals surface area contributed by atoms with Crippen LogP contribution in [0.3, 0.4) is 0 Å². The Labute approximate surface area is 125 Å². The van der Waals surface area contributed by atoms with Crippen LogP contribution in [0.5, 0.6) is 11.5 Å². The van der Waals surface area contributed by atoms with Crippen LogP contribution in [0.2, 0.25) is 5.02 Å². The zero-order chi connectivity index (χ0) is 14.2. The van der Waals surface area contributed by atoms with Gasteiger partial charge >= 0.3 is 0 Å². The molecule has 2 rings (SSSR count). The van der Waals surface area contributed by atoms with E-state index in [1.54, 1.807) is 18.2 Å². The average molecular weight is 342 g/mol. The number of hydrogen-bond acceptors (Lipinski definition) is 2. The second-order valence-corrected chi connectivity index (χ2v) is 6.10. The zero-order valence-electron chi connectivity index (χ0n) is 10.6. The molecule has 2 nitrogen and oxygen atoms in total. The van der Waals surface area contributed by atoms with Crippen molar-refractivity contribution in [3.63, 3.8) is 0 Å². The maximum absolute atomic E-state index is 9.63. The fourth-order valence-electron chi connectivity index (χ4n) is 2.06. The van der Waals surface area contributed by atoms with Crippen LogP contribution in [0.15, 0.2) is 40.9 Å². The largest absolute Gasteiger partial charge is 0.508 e. The molecule has 0 unspecified atom stereocenters. The van der Waals surface area contributed by atoms with Crippen molar-refractivity contribution in [1.82, 2.24) is 0 Å². The molecule has 0 bridgehead atoms. The number of phenolic OH excluding ortho intramolecular Hbond substituents is 2. The number of hydrogen-bond donors (Lipinski definition) is 2. The van der Waals surface area contributed by atoms with Gasteiger partial charge in [-0.3, -0.25) is 0 Å². The summed E-state index contributed by atoms with van der Waals surface area (Å²) in [5.74, 6) is 0.354. The molecule has 0 aliphatic heterocycles. The van der Waals surface area contributed by atoms with Crippen LogP contribution in [0.25, 0.3) is 0 Å². The zero-order valence-corrected chi connectivity index (χ0v) is 13.0. The van der Waals surface area contributed by atoms with Crippen molar-refractivity contribution < 1.29 is 10.2 Å². The van der Waals surface area contributed by atoms with Gasteiger partial charge in [0, 0.05) is 5.41 Å². The highest BCUT2D eigenvalue weighted by molar-refractivity contribution is 9.10. The SMILES string of the molecule is CC(C)(c1ccc(O)cc1)c1ccc(O)c(Br)c1Cl. The number of phenols is 2. The third-order valence-electron chi connectivity index (χ3n) is 3.32. The Hall–Kier alpha value is -1.19. The normalized spacial score (nSPS) is 11.6. The van der Waals surface area contributed by atoms with Gasteiger partial charge in [0.25, 0.3) is 0 Å². The van der Waals surface area contributed by atoms with E-state index in [1.165, 1.54) is 0 Å². The lowest BCUT2D eigenvalue weighted by molar-refractivity contribution is 0.471. The summed E-state index contributed by atoms with van der Waals surface area (Å²) in [4.78, 5) is 0. The van der Waals surface area contributed by atoms with Crippen molar-refractivity contribution in [3.05, 3.63) is 57.0 Å². The third kappa shape index (κ3) is 2.58. The van der Waals surface area contributed by atoms with Crippen LogP contribution in [0.4, 0.5) is 0 Å². The van der Waals surface area contributed by atoms with Crippen molar-refractivity contribution in [2.45, 2.75) is 19.3 Å². The Morgan fingerprint density at radius 3 is 2.16 bits per heavy atom. The first kappa shape index (κ1) is 14.2. The molecule has 0 amide bonds. The van der Waals surface area contributed by atoms with Gasteiger partial charge in [0.1, 0.15) is 11.5 Å². The molecular formula is C15H14BrClO2. The van der Waals surface area contributed by atoms with Crippen molar-refractivity contribution in [2.75, 3.05) is 0 Å². The van der Waals surface area contributed by atoms with E-state index in [-0.39, 0.29) is 16.9 Å². The standard InChI is InChI=1S/C15H14BrClO2/c1-15(2,9-3-5-10(18)6-4-9)11-7-8-12(19)13(16)14(11)17/h3-8,18-19H,1-2H3. The molecule has 0 radical (unpaired) electrons. The fourth-order valence-corrected chi connectivity index (χ4v) is 2.80. The van der Waals surface area contributed by atoms with Gasteiger partial charge in [-0.1, -0.05) is 43.6 Å². The summed E-state index contributed by atoms with van der Waals surface area (Å²) in [6.07, 6.45) is 0. The van der Waals surface area contributed by atoms with Gasteiger partial charge in [0.15, 0.2) is 0 Å². The highest BCUT2D eigenvalue weighted by atomic mass is 79.9. The molecule has 2 aromatic carbocycles. The van der Waals surface area contributed by atoms with Crippen LogP contribution in [0.1, 0.15) is 25.0 Å². The molecule has 2 aromatic rings. The molecule has 0 atom stereocenters. The minimum Gasteiger partial charge on any atom is -0.508 e. The summed E-state index contributed by atoms with van der Waals surface area (Å²) in [6.45, 7) is 4.09. The molecule has 4 heteroatoms. The smallest absolute Gasteiger partial charge is 0.131 e. The second-order valence-electron chi connectivity index (χ2n) is 4.93. The summed E-state index contributed by atoms with van der Waals surface area (Å²) in [5, 5.41) is 19.5. The van der Waals surface area contributed by atoms with E-state index in [2.05, 4.69) is 15.9 Å². The monoisotopic (exact) mass is 340 g/mol. The molecule has 19 heavy (non-hydrogen) atoms. The minimum absolute atomic E-state index is 0.121.